The van der Waals surface area contributed by atoms with Crippen LogP contribution in [0.5, 0.6) is 0 Å². The first-order valence-corrected chi connectivity index (χ1v) is 6.85. The number of benzene rings is 1. The number of hydrogen-bond donors (Lipinski definition) is 0. The molecule has 1 aromatic rings. The van der Waals surface area contributed by atoms with Crippen molar-refractivity contribution < 1.29 is 0 Å². The monoisotopic (exact) mass is 238 g/mol. The van der Waals surface area contributed by atoms with Crippen molar-refractivity contribution in [2.75, 3.05) is 0 Å². The highest BCUT2D eigenvalue weighted by molar-refractivity contribution is 5.32. The molecule has 2 rings (SSSR count). The molecule has 0 saturated carbocycles. The zero-order valence-electron chi connectivity index (χ0n) is 11.4. The summed E-state index contributed by atoms with van der Waals surface area (Å²) in [6.07, 6.45) is 15.0. The SMILES string of the molecule is Cc1ccccc1C(C)/C=C\CC1=CCCC=C1. The van der Waals surface area contributed by atoms with Crippen LogP contribution in [0.2, 0.25) is 0 Å². The van der Waals surface area contributed by atoms with Crippen molar-refractivity contribution in [3.05, 3.63) is 71.3 Å². The molecule has 0 aromatic heterocycles. The Morgan fingerprint density at radius 1 is 1.22 bits per heavy atom. The zero-order valence-corrected chi connectivity index (χ0v) is 11.4. The molecule has 0 fully saturated rings. The normalized spacial score (nSPS) is 16.9. The largest absolute Gasteiger partial charge is 0.0840 e. The molecule has 0 radical (unpaired) electrons. The van der Waals surface area contributed by atoms with Crippen LogP contribution in [0.3, 0.4) is 0 Å². The van der Waals surface area contributed by atoms with Crippen LogP contribution in [-0.4, -0.2) is 0 Å². The second-order valence-corrected chi connectivity index (χ2v) is 5.04. The Kier molecular flexibility index (Phi) is 4.58. The van der Waals surface area contributed by atoms with E-state index in [1.165, 1.54) is 29.5 Å². The third-order valence-electron chi connectivity index (χ3n) is 3.53. The molecule has 0 amide bonds. The van der Waals surface area contributed by atoms with Gasteiger partial charge in [0.15, 0.2) is 0 Å². The number of allylic oxidation sites excluding steroid dienone is 6. The van der Waals surface area contributed by atoms with Gasteiger partial charge in [0, 0.05) is 0 Å². The van der Waals surface area contributed by atoms with Crippen molar-refractivity contribution in [3.8, 4) is 0 Å². The first kappa shape index (κ1) is 12.9. The molecule has 0 aliphatic heterocycles. The fraction of sp³-hybridized carbons (Fsp3) is 0.333. The topological polar surface area (TPSA) is 0 Å². The van der Waals surface area contributed by atoms with E-state index in [1.54, 1.807) is 0 Å². The molecule has 0 heteroatoms. The van der Waals surface area contributed by atoms with Crippen LogP contribution in [0.25, 0.3) is 0 Å². The summed E-state index contributed by atoms with van der Waals surface area (Å²) in [4.78, 5) is 0. The van der Waals surface area contributed by atoms with Gasteiger partial charge in [-0.2, -0.15) is 0 Å². The molecule has 94 valence electrons. The third kappa shape index (κ3) is 3.46. The van der Waals surface area contributed by atoms with E-state index in [2.05, 4.69) is 68.5 Å². The van der Waals surface area contributed by atoms with Gasteiger partial charge in [-0.15, -0.1) is 0 Å². The van der Waals surface area contributed by atoms with E-state index in [-0.39, 0.29) is 0 Å². The fourth-order valence-corrected chi connectivity index (χ4v) is 2.43. The molecule has 1 atom stereocenters. The first-order chi connectivity index (χ1) is 8.77. The van der Waals surface area contributed by atoms with E-state index >= 15 is 0 Å². The highest BCUT2D eigenvalue weighted by atomic mass is 14.1. The average molecular weight is 238 g/mol. The van der Waals surface area contributed by atoms with Gasteiger partial charge in [-0.25, -0.2) is 0 Å². The highest BCUT2D eigenvalue weighted by Crippen LogP contribution is 2.21. The molecule has 1 aliphatic rings. The Morgan fingerprint density at radius 3 is 2.78 bits per heavy atom. The van der Waals surface area contributed by atoms with E-state index < -0.39 is 0 Å². The molecule has 0 saturated heterocycles. The fourth-order valence-electron chi connectivity index (χ4n) is 2.43. The lowest BCUT2D eigenvalue weighted by molar-refractivity contribution is 0.942. The van der Waals surface area contributed by atoms with Crippen LogP contribution in [-0.2, 0) is 0 Å². The van der Waals surface area contributed by atoms with Crippen LogP contribution in [0, 0.1) is 6.92 Å². The Hall–Kier alpha value is -1.56. The predicted octanol–water partition coefficient (Wildman–Crippen LogP) is 5.32. The Bertz CT molecular complexity index is 475. The molecule has 18 heavy (non-hydrogen) atoms. The second kappa shape index (κ2) is 6.39. The summed E-state index contributed by atoms with van der Waals surface area (Å²) in [6.45, 7) is 4.45. The molecule has 0 heterocycles. The van der Waals surface area contributed by atoms with Gasteiger partial charge in [-0.05, 0) is 48.8 Å². The standard InChI is InChI=1S/C18H22/c1-15-9-6-7-14-18(15)16(2)10-8-13-17-11-4-3-5-12-17/h4,6-12,14,16H,3,5,13H2,1-2H3/b10-8-. The lowest BCUT2D eigenvalue weighted by Gasteiger charge is -2.10. The Labute approximate surface area is 111 Å². The van der Waals surface area contributed by atoms with Gasteiger partial charge in [-0.1, -0.05) is 61.6 Å². The van der Waals surface area contributed by atoms with Crippen LogP contribution < -0.4 is 0 Å². The highest BCUT2D eigenvalue weighted by Gasteiger charge is 2.03. The Balaban J connectivity index is 1.95. The van der Waals surface area contributed by atoms with Crippen molar-refractivity contribution in [2.45, 2.75) is 39.0 Å². The lowest BCUT2D eigenvalue weighted by Crippen LogP contribution is -1.92. The Morgan fingerprint density at radius 2 is 2.06 bits per heavy atom. The van der Waals surface area contributed by atoms with Crippen molar-refractivity contribution in [3.63, 3.8) is 0 Å². The van der Waals surface area contributed by atoms with Crippen molar-refractivity contribution in [1.29, 1.82) is 0 Å². The molecule has 0 nitrogen and oxygen atoms in total. The van der Waals surface area contributed by atoms with Crippen molar-refractivity contribution >= 4 is 0 Å². The predicted molar refractivity (Wildman–Crippen MR) is 79.8 cm³/mol. The summed E-state index contributed by atoms with van der Waals surface area (Å²) >= 11 is 0. The first-order valence-electron chi connectivity index (χ1n) is 6.85. The van der Waals surface area contributed by atoms with Gasteiger partial charge >= 0.3 is 0 Å². The summed E-state index contributed by atoms with van der Waals surface area (Å²) in [5.41, 5.74) is 4.27. The van der Waals surface area contributed by atoms with E-state index in [0.717, 1.165) is 6.42 Å². The van der Waals surface area contributed by atoms with Crippen LogP contribution in [0.4, 0.5) is 0 Å². The maximum Gasteiger partial charge on any atom is -0.000771 e. The lowest BCUT2D eigenvalue weighted by atomic mass is 9.95. The minimum atomic E-state index is 0.499. The zero-order chi connectivity index (χ0) is 12.8. The second-order valence-electron chi connectivity index (χ2n) is 5.04. The molecule has 1 aromatic carbocycles. The molecule has 1 unspecified atom stereocenters. The summed E-state index contributed by atoms with van der Waals surface area (Å²) in [5.74, 6) is 0.499. The van der Waals surface area contributed by atoms with Crippen molar-refractivity contribution in [1.82, 2.24) is 0 Å². The molecule has 0 N–H and O–H groups in total. The van der Waals surface area contributed by atoms with E-state index in [9.17, 15) is 0 Å². The van der Waals surface area contributed by atoms with Crippen LogP contribution in [0.1, 0.15) is 43.2 Å². The molecule has 0 spiro atoms. The minimum absolute atomic E-state index is 0.499. The quantitative estimate of drug-likeness (QED) is 0.623. The van der Waals surface area contributed by atoms with Gasteiger partial charge in [0.1, 0.15) is 0 Å². The van der Waals surface area contributed by atoms with Gasteiger partial charge in [0.25, 0.3) is 0 Å². The molecule has 0 bridgehead atoms. The number of aryl methyl sites for hydroxylation is 1. The maximum absolute atomic E-state index is 2.35. The van der Waals surface area contributed by atoms with Gasteiger partial charge in [-0.3, -0.25) is 0 Å². The molecular formula is C18H22. The van der Waals surface area contributed by atoms with Gasteiger partial charge < -0.3 is 0 Å². The van der Waals surface area contributed by atoms with Crippen LogP contribution >= 0.6 is 0 Å². The summed E-state index contributed by atoms with van der Waals surface area (Å²) in [5, 5.41) is 0. The smallest absolute Gasteiger partial charge is 0.000771 e. The summed E-state index contributed by atoms with van der Waals surface area (Å²) in [6, 6.07) is 8.64. The van der Waals surface area contributed by atoms with Gasteiger partial charge in [0.2, 0.25) is 0 Å². The maximum atomic E-state index is 2.35. The van der Waals surface area contributed by atoms with E-state index in [4.69, 9.17) is 0 Å². The van der Waals surface area contributed by atoms with Crippen LogP contribution in [0.15, 0.2) is 60.2 Å². The van der Waals surface area contributed by atoms with Crippen molar-refractivity contribution in [2.24, 2.45) is 0 Å². The minimum Gasteiger partial charge on any atom is -0.0840 e. The average Bonchev–Trinajstić information content (AvgIpc) is 2.40. The third-order valence-corrected chi connectivity index (χ3v) is 3.53. The number of rotatable bonds is 4. The van der Waals surface area contributed by atoms with Gasteiger partial charge in [0.05, 0.1) is 0 Å². The van der Waals surface area contributed by atoms with E-state index in [0.29, 0.717) is 5.92 Å². The number of hydrogen-bond acceptors (Lipinski definition) is 0. The molecule has 1 aliphatic carbocycles. The summed E-state index contributed by atoms with van der Waals surface area (Å²) < 4.78 is 0. The molecular weight excluding hydrogens is 216 g/mol. The summed E-state index contributed by atoms with van der Waals surface area (Å²) in [7, 11) is 0. The van der Waals surface area contributed by atoms with E-state index in [1.807, 2.05) is 0 Å².